The van der Waals surface area contributed by atoms with E-state index in [0.717, 1.165) is 6.33 Å². The minimum Gasteiger partial charge on any atom is -0.480 e. The number of hydrogen-bond donors (Lipinski definition) is 3. The van der Waals surface area contributed by atoms with Crippen molar-refractivity contribution in [1.82, 2.24) is 9.97 Å². The lowest BCUT2D eigenvalue weighted by atomic mass is 10.2. The maximum Gasteiger partial charge on any atom is 0.320 e. The zero-order chi connectivity index (χ0) is 9.14. The fourth-order valence-electron chi connectivity index (χ4n) is 0.745. The molecule has 1 heterocycles. The molecule has 1 rings (SSSR count). The topological polar surface area (TPSA) is 92.0 Å². The molecule has 5 nitrogen and oxygen atoms in total. The quantitative estimate of drug-likeness (QED) is 0.574. The molecule has 1 aromatic rings. The summed E-state index contributed by atoms with van der Waals surface area (Å²) in [5, 5.41) is 8.39. The second-order valence-corrected chi connectivity index (χ2v) is 2.31. The highest BCUT2D eigenvalue weighted by atomic mass is 19.1. The Morgan fingerprint density at radius 3 is 3.00 bits per heavy atom. The van der Waals surface area contributed by atoms with Crippen molar-refractivity contribution in [3.63, 3.8) is 0 Å². The molecular weight excluding hydrogens is 165 g/mol. The van der Waals surface area contributed by atoms with Crippen LogP contribution >= 0.6 is 0 Å². The number of carboxylic acids is 1. The van der Waals surface area contributed by atoms with Gasteiger partial charge in [0, 0.05) is 6.42 Å². The van der Waals surface area contributed by atoms with E-state index in [9.17, 15) is 9.18 Å². The average Bonchev–Trinajstić information content (AvgIpc) is 2.36. The number of nitrogens with zero attached hydrogens (tertiary/aromatic N) is 1. The van der Waals surface area contributed by atoms with Crippen LogP contribution in [0.4, 0.5) is 4.39 Å². The van der Waals surface area contributed by atoms with Gasteiger partial charge in [-0.2, -0.15) is 4.39 Å². The van der Waals surface area contributed by atoms with Crippen LogP contribution in [0.1, 0.15) is 5.69 Å². The molecule has 0 radical (unpaired) electrons. The number of imidazole rings is 1. The number of hydrogen-bond acceptors (Lipinski definition) is 3. The summed E-state index contributed by atoms with van der Waals surface area (Å²) < 4.78 is 12.6. The van der Waals surface area contributed by atoms with Crippen molar-refractivity contribution in [2.45, 2.75) is 12.5 Å². The first-order valence-corrected chi connectivity index (χ1v) is 3.27. The van der Waals surface area contributed by atoms with Crippen LogP contribution < -0.4 is 5.73 Å². The number of aromatic nitrogens is 2. The number of halogens is 1. The van der Waals surface area contributed by atoms with E-state index >= 15 is 0 Å². The third kappa shape index (κ3) is 1.79. The van der Waals surface area contributed by atoms with E-state index < -0.39 is 18.0 Å². The monoisotopic (exact) mass is 173 g/mol. The summed E-state index contributed by atoms with van der Waals surface area (Å²) in [6.45, 7) is 0. The standard InChI is InChI=1S/C6H8FN3O2/c7-5-4(9-2-10-5)1-3(8)6(11)12/h2-3H,1,8H2,(H,9,10)(H,11,12)/t3-/m0/s1. The number of carbonyl (C=O) groups is 1. The summed E-state index contributed by atoms with van der Waals surface area (Å²) in [5.74, 6) is -1.80. The normalized spacial score (nSPS) is 12.8. The summed E-state index contributed by atoms with van der Waals surface area (Å²) in [4.78, 5) is 16.0. The highest BCUT2D eigenvalue weighted by molar-refractivity contribution is 5.73. The molecule has 1 atom stereocenters. The van der Waals surface area contributed by atoms with Gasteiger partial charge in [0.05, 0.1) is 12.0 Å². The van der Waals surface area contributed by atoms with E-state index in [2.05, 4.69) is 9.97 Å². The van der Waals surface area contributed by atoms with Crippen LogP contribution in [0.5, 0.6) is 0 Å². The largest absolute Gasteiger partial charge is 0.480 e. The van der Waals surface area contributed by atoms with Crippen LogP contribution in [0.25, 0.3) is 0 Å². The van der Waals surface area contributed by atoms with Gasteiger partial charge in [0.25, 0.3) is 0 Å². The zero-order valence-corrected chi connectivity index (χ0v) is 6.12. The van der Waals surface area contributed by atoms with Gasteiger partial charge in [0.15, 0.2) is 0 Å². The van der Waals surface area contributed by atoms with E-state index in [-0.39, 0.29) is 12.1 Å². The predicted molar refractivity (Wildman–Crippen MR) is 37.9 cm³/mol. The summed E-state index contributed by atoms with van der Waals surface area (Å²) in [7, 11) is 0. The minimum atomic E-state index is -1.17. The molecule has 0 spiro atoms. The Hall–Kier alpha value is -1.43. The van der Waals surface area contributed by atoms with Crippen molar-refractivity contribution in [2.75, 3.05) is 0 Å². The first-order valence-electron chi connectivity index (χ1n) is 3.27. The molecule has 4 N–H and O–H groups in total. The highest BCUT2D eigenvalue weighted by Gasteiger charge is 2.15. The Bertz CT molecular complexity index is 286. The number of nitrogens with two attached hydrogens (primary N) is 1. The van der Waals surface area contributed by atoms with Gasteiger partial charge in [-0.05, 0) is 0 Å². The molecular formula is C6H8FN3O2. The van der Waals surface area contributed by atoms with E-state index in [1.807, 2.05) is 0 Å². The summed E-state index contributed by atoms with van der Waals surface area (Å²) >= 11 is 0. The third-order valence-electron chi connectivity index (χ3n) is 1.40. The molecule has 0 unspecified atom stereocenters. The van der Waals surface area contributed by atoms with Crippen LogP contribution in [-0.2, 0) is 11.2 Å². The zero-order valence-electron chi connectivity index (χ0n) is 6.12. The van der Waals surface area contributed by atoms with Crippen molar-refractivity contribution in [2.24, 2.45) is 5.73 Å². The molecule has 0 aliphatic carbocycles. The van der Waals surface area contributed by atoms with Crippen LogP contribution in [-0.4, -0.2) is 27.1 Å². The molecule has 6 heteroatoms. The molecule has 66 valence electrons. The smallest absolute Gasteiger partial charge is 0.320 e. The van der Waals surface area contributed by atoms with Crippen molar-refractivity contribution < 1.29 is 14.3 Å². The Morgan fingerprint density at radius 2 is 2.58 bits per heavy atom. The maximum atomic E-state index is 12.6. The average molecular weight is 173 g/mol. The molecule has 12 heavy (non-hydrogen) atoms. The van der Waals surface area contributed by atoms with Crippen molar-refractivity contribution in [3.8, 4) is 0 Å². The highest BCUT2D eigenvalue weighted by Crippen LogP contribution is 2.02. The summed E-state index contributed by atoms with van der Waals surface area (Å²) in [6, 6.07) is -1.11. The number of H-pyrrole nitrogens is 1. The number of rotatable bonds is 3. The molecule has 0 aromatic carbocycles. The SMILES string of the molecule is N[C@@H](Cc1nc[nH]c1F)C(=O)O. The molecule has 0 bridgehead atoms. The Morgan fingerprint density at radius 1 is 1.92 bits per heavy atom. The second kappa shape index (κ2) is 3.31. The minimum absolute atomic E-state index is 0.0462. The van der Waals surface area contributed by atoms with Gasteiger partial charge in [-0.15, -0.1) is 0 Å². The second-order valence-electron chi connectivity index (χ2n) is 2.31. The lowest BCUT2D eigenvalue weighted by molar-refractivity contribution is -0.138. The van der Waals surface area contributed by atoms with E-state index in [1.165, 1.54) is 0 Å². The third-order valence-corrected chi connectivity index (χ3v) is 1.40. The summed E-state index contributed by atoms with van der Waals surface area (Å²) in [5.41, 5.74) is 5.20. The van der Waals surface area contributed by atoms with Crippen molar-refractivity contribution in [1.29, 1.82) is 0 Å². The number of aromatic amines is 1. The predicted octanol–water partition coefficient (Wildman–Crippen LogP) is -0.497. The molecule has 0 saturated heterocycles. The number of nitrogens with one attached hydrogen (secondary N) is 1. The van der Waals surface area contributed by atoms with Crippen LogP contribution in [0.15, 0.2) is 6.33 Å². The molecule has 0 aliphatic heterocycles. The Balaban J connectivity index is 2.64. The lowest BCUT2D eigenvalue weighted by Gasteiger charge is -2.02. The molecule has 0 amide bonds. The van der Waals surface area contributed by atoms with Crippen LogP contribution in [0.2, 0.25) is 0 Å². The molecule has 0 aliphatic rings. The molecule has 0 fully saturated rings. The first-order chi connectivity index (χ1) is 5.61. The van der Waals surface area contributed by atoms with Gasteiger partial charge in [0.2, 0.25) is 5.95 Å². The van der Waals surface area contributed by atoms with E-state index in [0.29, 0.717) is 0 Å². The molecule has 0 saturated carbocycles. The van der Waals surface area contributed by atoms with Gasteiger partial charge >= 0.3 is 5.97 Å². The van der Waals surface area contributed by atoms with E-state index in [1.54, 1.807) is 0 Å². The Labute approximate surface area is 67.4 Å². The first kappa shape index (κ1) is 8.66. The van der Waals surface area contributed by atoms with Crippen molar-refractivity contribution in [3.05, 3.63) is 18.0 Å². The Kier molecular flexibility index (Phi) is 2.39. The van der Waals surface area contributed by atoms with Gasteiger partial charge < -0.3 is 15.8 Å². The van der Waals surface area contributed by atoms with Gasteiger partial charge in [0.1, 0.15) is 6.04 Å². The fraction of sp³-hybridized carbons (Fsp3) is 0.333. The number of carboxylic acid groups (broad SMARTS) is 1. The fourth-order valence-corrected chi connectivity index (χ4v) is 0.745. The van der Waals surface area contributed by atoms with Crippen LogP contribution in [0.3, 0.4) is 0 Å². The number of aliphatic carboxylic acids is 1. The van der Waals surface area contributed by atoms with Gasteiger partial charge in [-0.3, -0.25) is 4.79 Å². The lowest BCUT2D eigenvalue weighted by Crippen LogP contribution is -2.32. The summed E-state index contributed by atoms with van der Waals surface area (Å²) in [6.07, 6.45) is 1.05. The van der Waals surface area contributed by atoms with Gasteiger partial charge in [-0.1, -0.05) is 0 Å². The maximum absolute atomic E-state index is 12.6. The van der Waals surface area contributed by atoms with E-state index in [4.69, 9.17) is 10.8 Å². The van der Waals surface area contributed by atoms with Crippen LogP contribution in [0, 0.1) is 5.95 Å². The van der Waals surface area contributed by atoms with Crippen molar-refractivity contribution >= 4 is 5.97 Å². The van der Waals surface area contributed by atoms with Gasteiger partial charge in [-0.25, -0.2) is 4.98 Å². The molecule has 1 aromatic heterocycles.